The normalized spacial score (nSPS) is 12.6. The number of anilines is 4. The van der Waals surface area contributed by atoms with E-state index in [4.69, 9.17) is 4.74 Å². The lowest BCUT2D eigenvalue weighted by atomic mass is 10.1. The lowest BCUT2D eigenvalue weighted by molar-refractivity contribution is 0.00705. The second kappa shape index (κ2) is 7.00. The number of benzene rings is 2. The Morgan fingerprint density at radius 3 is 2.19 bits per heavy atom. The summed E-state index contributed by atoms with van der Waals surface area (Å²) in [6.07, 6.45) is 0. The highest BCUT2D eigenvalue weighted by molar-refractivity contribution is 7.99. The topological polar surface area (TPSA) is 44.8 Å². The Morgan fingerprint density at radius 2 is 1.59 bits per heavy atom. The summed E-state index contributed by atoms with van der Waals surface area (Å²) >= 11 is 1.67. The van der Waals surface area contributed by atoms with E-state index in [2.05, 4.69) is 34.5 Å². The van der Waals surface area contributed by atoms with Crippen LogP contribution in [-0.2, 0) is 4.74 Å². The van der Waals surface area contributed by atoms with Crippen molar-refractivity contribution in [1.82, 2.24) is 0 Å². The van der Waals surface area contributed by atoms with Crippen molar-refractivity contribution >= 4 is 40.5 Å². The maximum atomic E-state index is 12.9. The molecule has 1 N–H and O–H groups in total. The molecular weight excluding hydrogens is 358 g/mol. The standard InChI is InChI=1S/C21H27N3O2S/c1-21(2,3)26-20(25)15-10-14(24(6)7)12-18-19(15)22-16-9-8-13(23(4)5)11-17(16)27-18/h8-12,22H,1-7H3. The fraction of sp³-hybridized carbons (Fsp3) is 0.381. The summed E-state index contributed by atoms with van der Waals surface area (Å²) in [4.78, 5) is 19.1. The Hall–Kier alpha value is -2.34. The molecule has 1 aliphatic heterocycles. The monoisotopic (exact) mass is 385 g/mol. The second-order valence-corrected chi connectivity index (χ2v) is 9.15. The van der Waals surface area contributed by atoms with E-state index in [-0.39, 0.29) is 5.97 Å². The number of nitrogens with one attached hydrogen (secondary N) is 1. The van der Waals surface area contributed by atoms with Crippen LogP contribution in [-0.4, -0.2) is 39.8 Å². The number of rotatable bonds is 3. The fourth-order valence-electron chi connectivity index (χ4n) is 2.79. The van der Waals surface area contributed by atoms with Gasteiger partial charge in [-0.25, -0.2) is 4.79 Å². The summed E-state index contributed by atoms with van der Waals surface area (Å²) in [6.45, 7) is 5.65. The van der Waals surface area contributed by atoms with E-state index in [1.165, 1.54) is 0 Å². The molecule has 3 rings (SSSR count). The van der Waals surface area contributed by atoms with Crippen LogP contribution in [0.3, 0.4) is 0 Å². The first-order chi connectivity index (χ1) is 12.5. The van der Waals surface area contributed by atoms with Crippen LogP contribution in [0.5, 0.6) is 0 Å². The highest BCUT2D eigenvalue weighted by Crippen LogP contribution is 2.48. The molecule has 0 unspecified atom stereocenters. The summed E-state index contributed by atoms with van der Waals surface area (Å²) in [5.41, 5.74) is 3.93. The first-order valence-electron chi connectivity index (χ1n) is 8.90. The lowest BCUT2D eigenvalue weighted by Crippen LogP contribution is -2.25. The molecule has 0 amide bonds. The van der Waals surface area contributed by atoms with Gasteiger partial charge in [0.05, 0.1) is 16.9 Å². The van der Waals surface area contributed by atoms with E-state index < -0.39 is 5.60 Å². The molecule has 0 fully saturated rings. The third-order valence-electron chi connectivity index (χ3n) is 4.18. The summed E-state index contributed by atoms with van der Waals surface area (Å²) in [6, 6.07) is 10.3. The van der Waals surface area contributed by atoms with Gasteiger partial charge in [0, 0.05) is 49.4 Å². The first kappa shape index (κ1) is 19.4. The minimum atomic E-state index is -0.543. The van der Waals surface area contributed by atoms with Crippen molar-refractivity contribution in [2.45, 2.75) is 36.2 Å². The van der Waals surface area contributed by atoms with Crippen LogP contribution in [0.15, 0.2) is 40.1 Å². The molecule has 1 aliphatic rings. The molecule has 144 valence electrons. The number of fused-ring (bicyclic) bond motifs is 2. The average molecular weight is 386 g/mol. The van der Waals surface area contributed by atoms with Crippen molar-refractivity contribution in [2.24, 2.45) is 0 Å². The summed E-state index contributed by atoms with van der Waals surface area (Å²) in [5.74, 6) is -0.316. The number of carbonyl (C=O) groups excluding carboxylic acids is 1. The van der Waals surface area contributed by atoms with Crippen LogP contribution < -0.4 is 15.1 Å². The van der Waals surface area contributed by atoms with Gasteiger partial charge in [0.25, 0.3) is 0 Å². The van der Waals surface area contributed by atoms with Gasteiger partial charge >= 0.3 is 5.97 Å². The predicted molar refractivity (Wildman–Crippen MR) is 114 cm³/mol. The van der Waals surface area contributed by atoms with E-state index in [1.54, 1.807) is 11.8 Å². The predicted octanol–water partition coefficient (Wildman–Crippen LogP) is 4.98. The second-order valence-electron chi connectivity index (χ2n) is 8.06. The van der Waals surface area contributed by atoms with Crippen molar-refractivity contribution in [3.05, 3.63) is 35.9 Å². The molecule has 0 atom stereocenters. The van der Waals surface area contributed by atoms with Crippen LogP contribution in [0, 0.1) is 0 Å². The molecule has 1 heterocycles. The largest absolute Gasteiger partial charge is 0.456 e. The number of ether oxygens (including phenoxy) is 1. The van der Waals surface area contributed by atoms with E-state index in [9.17, 15) is 4.79 Å². The molecule has 27 heavy (non-hydrogen) atoms. The Morgan fingerprint density at radius 1 is 0.963 bits per heavy atom. The Balaban J connectivity index is 2.07. The van der Waals surface area contributed by atoms with E-state index in [1.807, 2.05) is 59.9 Å². The average Bonchev–Trinajstić information content (AvgIpc) is 2.56. The van der Waals surface area contributed by atoms with Crippen molar-refractivity contribution < 1.29 is 9.53 Å². The van der Waals surface area contributed by atoms with Gasteiger partial charge in [0.1, 0.15) is 5.60 Å². The highest BCUT2D eigenvalue weighted by Gasteiger charge is 2.27. The number of nitrogens with zero attached hydrogens (tertiary/aromatic N) is 2. The Labute approximate surface area is 165 Å². The summed E-state index contributed by atoms with van der Waals surface area (Å²) in [5, 5.41) is 3.45. The Kier molecular flexibility index (Phi) is 5.04. The molecule has 2 aromatic rings. The lowest BCUT2D eigenvalue weighted by Gasteiger charge is -2.27. The molecule has 0 spiro atoms. The number of esters is 1. The number of hydrogen-bond donors (Lipinski definition) is 1. The SMILES string of the molecule is CN(C)c1ccc2c(c1)Sc1cc(N(C)C)cc(C(=O)OC(C)(C)C)c1N2. The van der Waals surface area contributed by atoms with Crippen LogP contribution in [0.1, 0.15) is 31.1 Å². The first-order valence-corrected chi connectivity index (χ1v) is 9.72. The van der Waals surface area contributed by atoms with Crippen LogP contribution in [0.25, 0.3) is 0 Å². The van der Waals surface area contributed by atoms with E-state index >= 15 is 0 Å². The minimum absolute atomic E-state index is 0.316. The van der Waals surface area contributed by atoms with Crippen molar-refractivity contribution in [3.63, 3.8) is 0 Å². The smallest absolute Gasteiger partial charge is 0.340 e. The van der Waals surface area contributed by atoms with Gasteiger partial charge in [0.2, 0.25) is 0 Å². The molecule has 0 radical (unpaired) electrons. The van der Waals surface area contributed by atoms with Gasteiger partial charge in [-0.3, -0.25) is 0 Å². The van der Waals surface area contributed by atoms with Gasteiger partial charge in [-0.15, -0.1) is 0 Å². The van der Waals surface area contributed by atoms with E-state index in [0.29, 0.717) is 5.56 Å². The zero-order valence-corrected chi connectivity index (χ0v) is 17.8. The van der Waals surface area contributed by atoms with Crippen molar-refractivity contribution in [1.29, 1.82) is 0 Å². The van der Waals surface area contributed by atoms with Gasteiger partial charge in [-0.05, 0) is 51.1 Å². The molecule has 6 heteroatoms. The molecule has 2 aromatic carbocycles. The minimum Gasteiger partial charge on any atom is -0.456 e. The van der Waals surface area contributed by atoms with Crippen LogP contribution >= 0.6 is 11.8 Å². The molecule has 5 nitrogen and oxygen atoms in total. The van der Waals surface area contributed by atoms with Gasteiger partial charge < -0.3 is 19.9 Å². The molecule has 0 aromatic heterocycles. The fourth-order valence-corrected chi connectivity index (χ4v) is 3.88. The van der Waals surface area contributed by atoms with Crippen molar-refractivity contribution in [2.75, 3.05) is 43.3 Å². The zero-order valence-electron chi connectivity index (χ0n) is 17.0. The summed E-state index contributed by atoms with van der Waals surface area (Å²) in [7, 11) is 8.00. The van der Waals surface area contributed by atoms with E-state index in [0.717, 1.165) is 32.5 Å². The van der Waals surface area contributed by atoms with Gasteiger partial charge in [0.15, 0.2) is 0 Å². The number of carbonyl (C=O) groups is 1. The highest BCUT2D eigenvalue weighted by atomic mass is 32.2. The zero-order chi connectivity index (χ0) is 19.9. The van der Waals surface area contributed by atoms with Gasteiger partial charge in [-0.1, -0.05) is 11.8 Å². The molecule has 0 aliphatic carbocycles. The molecule has 0 bridgehead atoms. The number of hydrogen-bond acceptors (Lipinski definition) is 6. The summed E-state index contributed by atoms with van der Waals surface area (Å²) < 4.78 is 5.65. The third kappa shape index (κ3) is 4.16. The molecule has 0 saturated carbocycles. The molecule has 0 saturated heterocycles. The maximum absolute atomic E-state index is 12.9. The Bertz CT molecular complexity index is 886. The van der Waals surface area contributed by atoms with Gasteiger partial charge in [-0.2, -0.15) is 0 Å². The van der Waals surface area contributed by atoms with Crippen LogP contribution in [0.4, 0.5) is 22.7 Å². The third-order valence-corrected chi connectivity index (χ3v) is 5.28. The maximum Gasteiger partial charge on any atom is 0.340 e. The quantitative estimate of drug-likeness (QED) is 0.642. The van der Waals surface area contributed by atoms with Crippen LogP contribution in [0.2, 0.25) is 0 Å². The van der Waals surface area contributed by atoms with Crippen molar-refractivity contribution in [3.8, 4) is 0 Å². The molecular formula is C21H27N3O2S.